The van der Waals surface area contributed by atoms with Crippen molar-refractivity contribution in [2.75, 3.05) is 33.4 Å². The van der Waals surface area contributed by atoms with Crippen LogP contribution in [0.1, 0.15) is 22.8 Å². The van der Waals surface area contributed by atoms with E-state index in [-0.39, 0.29) is 0 Å². The molecule has 0 unspecified atom stereocenters. The summed E-state index contributed by atoms with van der Waals surface area (Å²) in [6.07, 6.45) is 1.88. The first-order valence-corrected chi connectivity index (χ1v) is 12.3. The fraction of sp³-hybridized carbons (Fsp3) is 0.321. The molecular formula is C28H29N5O3. The van der Waals surface area contributed by atoms with Crippen molar-refractivity contribution in [3.63, 3.8) is 0 Å². The van der Waals surface area contributed by atoms with Crippen molar-refractivity contribution in [1.29, 1.82) is 0 Å². The Balaban J connectivity index is 1.55. The highest BCUT2D eigenvalue weighted by Crippen LogP contribution is 2.39. The predicted molar refractivity (Wildman–Crippen MR) is 138 cm³/mol. The molecule has 0 atom stereocenters. The van der Waals surface area contributed by atoms with Crippen LogP contribution in [0.15, 0.2) is 53.2 Å². The molecule has 0 aliphatic carbocycles. The maximum Gasteiger partial charge on any atom is 0.141 e. The number of ether oxygens (including phenoxy) is 2. The number of hydrogen-bond donors (Lipinski definition) is 0. The number of rotatable bonds is 6. The Morgan fingerprint density at radius 3 is 2.53 bits per heavy atom. The number of fused-ring (bicyclic) bond motifs is 3. The summed E-state index contributed by atoms with van der Waals surface area (Å²) in [4.78, 5) is 12.3. The van der Waals surface area contributed by atoms with Crippen molar-refractivity contribution in [3.05, 3.63) is 71.5 Å². The molecule has 1 aliphatic rings. The third-order valence-electron chi connectivity index (χ3n) is 6.93. The zero-order valence-corrected chi connectivity index (χ0v) is 20.8. The molecule has 1 fully saturated rings. The summed E-state index contributed by atoms with van der Waals surface area (Å²) in [5, 5.41) is 5.15. The number of pyridine rings is 1. The van der Waals surface area contributed by atoms with Gasteiger partial charge in [0.25, 0.3) is 0 Å². The van der Waals surface area contributed by atoms with E-state index < -0.39 is 0 Å². The Morgan fingerprint density at radius 1 is 1.00 bits per heavy atom. The van der Waals surface area contributed by atoms with Crippen LogP contribution in [0.25, 0.3) is 33.1 Å². The molecule has 1 saturated heterocycles. The molecule has 0 radical (unpaired) electrons. The smallest absolute Gasteiger partial charge is 0.141 e. The van der Waals surface area contributed by atoms with Gasteiger partial charge < -0.3 is 18.6 Å². The van der Waals surface area contributed by atoms with E-state index in [0.29, 0.717) is 0 Å². The summed E-state index contributed by atoms with van der Waals surface area (Å²) >= 11 is 0. The third-order valence-corrected chi connectivity index (χ3v) is 6.93. The van der Waals surface area contributed by atoms with Gasteiger partial charge in [-0.1, -0.05) is 35.5 Å². The summed E-state index contributed by atoms with van der Waals surface area (Å²) in [5.74, 6) is 2.54. The molecule has 8 heteroatoms. The minimum Gasteiger partial charge on any atom is -0.496 e. The Bertz CT molecular complexity index is 1510. The van der Waals surface area contributed by atoms with E-state index in [9.17, 15) is 0 Å². The van der Waals surface area contributed by atoms with Crippen molar-refractivity contribution >= 4 is 21.9 Å². The SMILES string of the molecule is COc1cc2c(cc1-c1c(C)noc1C)ncc1nc(CN3CCOCC3)n(Cc3ccccc3)c12. The Hall–Kier alpha value is -3.75. The third kappa shape index (κ3) is 4.02. The Kier molecular flexibility index (Phi) is 5.91. The number of methoxy groups -OCH3 is 1. The number of aryl methyl sites for hydroxylation is 2. The van der Waals surface area contributed by atoms with E-state index in [0.717, 1.165) is 95.5 Å². The summed E-state index contributed by atoms with van der Waals surface area (Å²) in [6.45, 7) is 8.67. The highest BCUT2D eigenvalue weighted by Gasteiger charge is 2.22. The van der Waals surface area contributed by atoms with E-state index in [2.05, 4.69) is 51.0 Å². The van der Waals surface area contributed by atoms with Crippen LogP contribution in [0.5, 0.6) is 5.75 Å². The summed E-state index contributed by atoms with van der Waals surface area (Å²) in [7, 11) is 1.70. The maximum absolute atomic E-state index is 5.87. The van der Waals surface area contributed by atoms with E-state index in [4.69, 9.17) is 24.0 Å². The summed E-state index contributed by atoms with van der Waals surface area (Å²) in [5.41, 5.74) is 6.75. The fourth-order valence-electron chi connectivity index (χ4n) is 5.14. The number of imidazole rings is 1. The highest BCUT2D eigenvalue weighted by atomic mass is 16.5. The number of nitrogens with zero attached hydrogens (tertiary/aromatic N) is 5. The van der Waals surface area contributed by atoms with Crippen LogP contribution < -0.4 is 4.74 Å². The van der Waals surface area contributed by atoms with E-state index in [1.165, 1.54) is 5.56 Å². The molecule has 0 bridgehead atoms. The van der Waals surface area contributed by atoms with Crippen LogP contribution in [0.4, 0.5) is 0 Å². The van der Waals surface area contributed by atoms with E-state index in [1.807, 2.05) is 26.1 Å². The van der Waals surface area contributed by atoms with Gasteiger partial charge in [-0.25, -0.2) is 4.98 Å². The second-order valence-electron chi connectivity index (χ2n) is 9.25. The second-order valence-corrected chi connectivity index (χ2v) is 9.25. The van der Waals surface area contributed by atoms with Crippen LogP contribution in [0.3, 0.4) is 0 Å². The monoisotopic (exact) mass is 483 g/mol. The lowest BCUT2D eigenvalue weighted by Gasteiger charge is -2.26. The predicted octanol–water partition coefficient (Wildman–Crippen LogP) is 4.75. The van der Waals surface area contributed by atoms with Crippen LogP contribution in [0.2, 0.25) is 0 Å². The first-order chi connectivity index (χ1) is 17.6. The summed E-state index contributed by atoms with van der Waals surface area (Å²) in [6, 6.07) is 14.7. The van der Waals surface area contributed by atoms with Crippen LogP contribution in [0, 0.1) is 13.8 Å². The minimum atomic E-state index is 0.726. The molecule has 1 aliphatic heterocycles. The largest absolute Gasteiger partial charge is 0.496 e. The Morgan fingerprint density at radius 2 is 1.81 bits per heavy atom. The van der Waals surface area contributed by atoms with Gasteiger partial charge in [-0.05, 0) is 31.5 Å². The molecule has 0 saturated carbocycles. The first kappa shape index (κ1) is 22.7. The molecule has 3 aromatic heterocycles. The molecule has 4 heterocycles. The van der Waals surface area contributed by atoms with E-state index in [1.54, 1.807) is 7.11 Å². The molecule has 8 nitrogen and oxygen atoms in total. The van der Waals surface area contributed by atoms with E-state index >= 15 is 0 Å². The quantitative estimate of drug-likeness (QED) is 0.345. The van der Waals surface area contributed by atoms with Crippen molar-refractivity contribution < 1.29 is 14.0 Å². The standard InChI is InChI=1S/C28H29N5O3/c1-18-27(19(2)36-31-18)22-13-23-21(14-25(22)34-3)28-24(15-29-23)30-26(17-32-9-11-35-12-10-32)33(28)16-20-7-5-4-6-8-20/h4-8,13-15H,9-12,16-17H2,1-3H3. The van der Waals surface area contributed by atoms with Crippen molar-refractivity contribution in [2.24, 2.45) is 0 Å². The van der Waals surface area contributed by atoms with Crippen molar-refractivity contribution in [1.82, 2.24) is 24.6 Å². The topological polar surface area (TPSA) is 78.4 Å². The van der Waals surface area contributed by atoms with Crippen LogP contribution in [-0.4, -0.2) is 58.0 Å². The fourth-order valence-corrected chi connectivity index (χ4v) is 5.14. The molecule has 0 spiro atoms. The highest BCUT2D eigenvalue weighted by molar-refractivity contribution is 6.05. The van der Waals surface area contributed by atoms with Crippen molar-refractivity contribution in [2.45, 2.75) is 26.9 Å². The van der Waals surface area contributed by atoms with Gasteiger partial charge in [0, 0.05) is 30.6 Å². The molecule has 5 aromatic rings. The zero-order valence-electron chi connectivity index (χ0n) is 20.8. The van der Waals surface area contributed by atoms with Gasteiger partial charge in [-0.2, -0.15) is 0 Å². The lowest BCUT2D eigenvalue weighted by molar-refractivity contribution is 0.0327. The van der Waals surface area contributed by atoms with Gasteiger partial charge in [0.05, 0.1) is 55.4 Å². The van der Waals surface area contributed by atoms with Crippen LogP contribution >= 0.6 is 0 Å². The minimum absolute atomic E-state index is 0.726. The molecular weight excluding hydrogens is 454 g/mol. The van der Waals surface area contributed by atoms with Gasteiger partial charge in [0.15, 0.2) is 0 Å². The maximum atomic E-state index is 5.87. The van der Waals surface area contributed by atoms with Gasteiger partial charge in [-0.15, -0.1) is 0 Å². The lowest BCUT2D eigenvalue weighted by Crippen LogP contribution is -2.36. The number of hydrogen-bond acceptors (Lipinski definition) is 7. The van der Waals surface area contributed by atoms with Gasteiger partial charge >= 0.3 is 0 Å². The van der Waals surface area contributed by atoms with Gasteiger partial charge in [-0.3, -0.25) is 9.88 Å². The normalized spacial score (nSPS) is 14.6. The lowest BCUT2D eigenvalue weighted by atomic mass is 10.0. The molecule has 0 amide bonds. The van der Waals surface area contributed by atoms with Gasteiger partial charge in [0.2, 0.25) is 0 Å². The zero-order chi connectivity index (χ0) is 24.6. The summed E-state index contributed by atoms with van der Waals surface area (Å²) < 4.78 is 19.2. The second kappa shape index (κ2) is 9.37. The van der Waals surface area contributed by atoms with Gasteiger partial charge in [0.1, 0.15) is 22.9 Å². The number of benzene rings is 2. The first-order valence-electron chi connectivity index (χ1n) is 12.3. The molecule has 0 N–H and O–H groups in total. The van der Waals surface area contributed by atoms with Crippen LogP contribution in [-0.2, 0) is 17.8 Å². The average Bonchev–Trinajstić information content (AvgIpc) is 3.42. The molecule has 6 rings (SSSR count). The Labute approximate surface area is 209 Å². The molecule has 36 heavy (non-hydrogen) atoms. The number of morpholine rings is 1. The average molecular weight is 484 g/mol. The number of aromatic nitrogens is 4. The molecule has 184 valence electrons. The van der Waals surface area contributed by atoms with Crippen molar-refractivity contribution in [3.8, 4) is 16.9 Å². The molecule has 2 aromatic carbocycles.